The van der Waals surface area contributed by atoms with Crippen molar-refractivity contribution in [2.45, 2.75) is 25.9 Å². The van der Waals surface area contributed by atoms with E-state index in [1.54, 1.807) is 30.3 Å². The average molecular weight is 478 g/mol. The highest BCUT2D eigenvalue weighted by molar-refractivity contribution is 6.32. The molecule has 0 bridgehead atoms. The number of aryl methyl sites for hydroxylation is 1. The second kappa shape index (κ2) is 9.44. The number of nitrogens with zero attached hydrogens (tertiary/aromatic N) is 3. The molecule has 1 saturated heterocycles. The lowest BCUT2D eigenvalue weighted by Crippen LogP contribution is -2.45. The number of carbonyl (C=O) groups is 3. The van der Waals surface area contributed by atoms with Gasteiger partial charge < -0.3 is 4.90 Å². The van der Waals surface area contributed by atoms with Gasteiger partial charge in [-0.15, -0.1) is 0 Å². The zero-order valence-corrected chi connectivity index (χ0v) is 18.9. The summed E-state index contributed by atoms with van der Waals surface area (Å²) >= 11 is 5.90. The Hall–Kier alpha value is -4.04. The highest BCUT2D eigenvalue weighted by atomic mass is 35.5. The second-order valence-corrected chi connectivity index (χ2v) is 8.37. The number of nitro benzene ring substituents is 1. The monoisotopic (exact) mass is 477 g/mol. The summed E-state index contributed by atoms with van der Waals surface area (Å²) in [5.74, 6) is -1.56. The predicted molar refractivity (Wildman–Crippen MR) is 126 cm³/mol. The Morgan fingerprint density at radius 1 is 1.09 bits per heavy atom. The van der Waals surface area contributed by atoms with Gasteiger partial charge in [0, 0.05) is 18.2 Å². The van der Waals surface area contributed by atoms with Crippen LogP contribution in [0.25, 0.3) is 0 Å². The molecular weight excluding hydrogens is 458 g/mol. The van der Waals surface area contributed by atoms with Crippen LogP contribution < -0.4 is 4.90 Å². The van der Waals surface area contributed by atoms with Crippen molar-refractivity contribution in [3.05, 3.63) is 105 Å². The summed E-state index contributed by atoms with van der Waals surface area (Å²) in [5.41, 5.74) is 1.78. The first-order chi connectivity index (χ1) is 16.3. The molecular formula is C25H20ClN3O5. The van der Waals surface area contributed by atoms with E-state index in [2.05, 4.69) is 0 Å². The number of hydrogen-bond acceptors (Lipinski definition) is 5. The lowest BCUT2D eigenvalue weighted by atomic mass is 10.1. The standard InChI is InChI=1S/C25H20ClN3O5/c1-16-7-9-17(10-8-16)15-27(24(31)18-11-12-20(26)21(13-18)29(33)34)22-14-23(30)28(25(22)32)19-5-3-2-4-6-19/h2-13,22H,14-15H2,1H3. The molecule has 0 aliphatic carbocycles. The highest BCUT2D eigenvalue weighted by Gasteiger charge is 2.44. The van der Waals surface area contributed by atoms with Crippen LogP contribution in [0.4, 0.5) is 11.4 Å². The van der Waals surface area contributed by atoms with Crippen molar-refractivity contribution in [3.8, 4) is 0 Å². The van der Waals surface area contributed by atoms with E-state index < -0.39 is 34.4 Å². The van der Waals surface area contributed by atoms with Crippen LogP contribution in [0.15, 0.2) is 72.8 Å². The van der Waals surface area contributed by atoms with Gasteiger partial charge in [-0.05, 0) is 36.8 Å². The van der Waals surface area contributed by atoms with Crippen molar-refractivity contribution >= 4 is 40.7 Å². The van der Waals surface area contributed by atoms with Gasteiger partial charge in [-0.25, -0.2) is 4.90 Å². The minimum Gasteiger partial charge on any atom is -0.322 e. The number of hydrogen-bond donors (Lipinski definition) is 0. The van der Waals surface area contributed by atoms with E-state index in [4.69, 9.17) is 11.6 Å². The normalized spacial score (nSPS) is 15.5. The number of anilines is 1. The number of amides is 3. The van der Waals surface area contributed by atoms with Gasteiger partial charge in [0.1, 0.15) is 11.1 Å². The van der Waals surface area contributed by atoms with E-state index in [0.29, 0.717) is 5.69 Å². The Morgan fingerprint density at radius 2 is 1.76 bits per heavy atom. The Bertz CT molecular complexity index is 1280. The highest BCUT2D eigenvalue weighted by Crippen LogP contribution is 2.30. The van der Waals surface area contributed by atoms with Crippen LogP contribution >= 0.6 is 11.6 Å². The smallest absolute Gasteiger partial charge is 0.288 e. The van der Waals surface area contributed by atoms with Crippen molar-refractivity contribution in [2.75, 3.05) is 4.90 Å². The van der Waals surface area contributed by atoms with E-state index in [-0.39, 0.29) is 23.6 Å². The maximum atomic E-state index is 13.6. The Kier molecular flexibility index (Phi) is 6.43. The summed E-state index contributed by atoms with van der Waals surface area (Å²) in [6, 6.07) is 18.6. The molecule has 34 heavy (non-hydrogen) atoms. The topological polar surface area (TPSA) is 101 Å². The van der Waals surface area contributed by atoms with Crippen molar-refractivity contribution in [1.82, 2.24) is 4.90 Å². The van der Waals surface area contributed by atoms with Crippen LogP contribution in [0.1, 0.15) is 27.9 Å². The third-order valence-electron chi connectivity index (χ3n) is 5.64. The molecule has 1 unspecified atom stereocenters. The van der Waals surface area contributed by atoms with Crippen LogP contribution in [0.5, 0.6) is 0 Å². The largest absolute Gasteiger partial charge is 0.322 e. The van der Waals surface area contributed by atoms with Crippen molar-refractivity contribution in [3.63, 3.8) is 0 Å². The maximum Gasteiger partial charge on any atom is 0.288 e. The lowest BCUT2D eigenvalue weighted by molar-refractivity contribution is -0.384. The molecule has 0 saturated carbocycles. The van der Waals surface area contributed by atoms with E-state index >= 15 is 0 Å². The number of carbonyl (C=O) groups excluding carboxylic acids is 3. The molecule has 0 aromatic heterocycles. The first-order valence-corrected chi connectivity index (χ1v) is 10.9. The van der Waals surface area contributed by atoms with Gasteiger partial charge in [0.2, 0.25) is 5.91 Å². The number of para-hydroxylation sites is 1. The first kappa shape index (κ1) is 23.1. The molecule has 0 radical (unpaired) electrons. The van der Waals surface area contributed by atoms with E-state index in [1.165, 1.54) is 17.0 Å². The average Bonchev–Trinajstić information content (AvgIpc) is 3.12. The molecule has 9 heteroatoms. The van der Waals surface area contributed by atoms with Gasteiger partial charge in [-0.1, -0.05) is 59.6 Å². The van der Waals surface area contributed by atoms with E-state index in [9.17, 15) is 24.5 Å². The summed E-state index contributed by atoms with van der Waals surface area (Å²) < 4.78 is 0. The van der Waals surface area contributed by atoms with Crippen LogP contribution in [-0.2, 0) is 16.1 Å². The third kappa shape index (κ3) is 4.53. The van der Waals surface area contributed by atoms with Gasteiger partial charge in [0.05, 0.1) is 17.0 Å². The third-order valence-corrected chi connectivity index (χ3v) is 5.96. The SMILES string of the molecule is Cc1ccc(CN(C(=O)c2ccc(Cl)c([N+](=O)[O-])c2)C2CC(=O)N(c3ccccc3)C2=O)cc1. The molecule has 0 N–H and O–H groups in total. The van der Waals surface area contributed by atoms with Crippen LogP contribution in [0.2, 0.25) is 5.02 Å². The van der Waals surface area contributed by atoms with Gasteiger partial charge >= 0.3 is 0 Å². The maximum absolute atomic E-state index is 13.6. The summed E-state index contributed by atoms with van der Waals surface area (Å²) in [4.78, 5) is 52.7. The van der Waals surface area contributed by atoms with E-state index in [0.717, 1.165) is 22.1 Å². The lowest BCUT2D eigenvalue weighted by Gasteiger charge is -2.28. The molecule has 1 aliphatic heterocycles. The quantitative estimate of drug-likeness (QED) is 0.295. The fraction of sp³-hybridized carbons (Fsp3) is 0.160. The number of halogens is 1. The van der Waals surface area contributed by atoms with Crippen molar-refractivity contribution in [1.29, 1.82) is 0 Å². The fourth-order valence-corrected chi connectivity index (χ4v) is 4.06. The van der Waals surface area contributed by atoms with Crippen LogP contribution in [0, 0.1) is 17.0 Å². The molecule has 1 atom stereocenters. The molecule has 4 rings (SSSR count). The van der Waals surface area contributed by atoms with Crippen LogP contribution in [-0.4, -0.2) is 33.6 Å². The van der Waals surface area contributed by atoms with Crippen molar-refractivity contribution in [2.24, 2.45) is 0 Å². The second-order valence-electron chi connectivity index (χ2n) is 7.96. The Balaban J connectivity index is 1.73. The predicted octanol–water partition coefficient (Wildman–Crippen LogP) is 4.53. The minimum atomic E-state index is -1.06. The van der Waals surface area contributed by atoms with Crippen molar-refractivity contribution < 1.29 is 19.3 Å². The summed E-state index contributed by atoms with van der Waals surface area (Å²) in [7, 11) is 0. The van der Waals surface area contributed by atoms with Gasteiger partial charge in [-0.3, -0.25) is 24.5 Å². The fourth-order valence-electron chi connectivity index (χ4n) is 3.87. The van der Waals surface area contributed by atoms with Gasteiger partial charge in [0.15, 0.2) is 0 Å². The Labute approximate surface area is 200 Å². The molecule has 172 valence electrons. The zero-order valence-electron chi connectivity index (χ0n) is 18.2. The Morgan fingerprint density at radius 3 is 2.41 bits per heavy atom. The van der Waals surface area contributed by atoms with Gasteiger partial charge in [0.25, 0.3) is 17.5 Å². The minimum absolute atomic E-state index is 0.00150. The molecule has 0 spiro atoms. The molecule has 1 heterocycles. The number of benzene rings is 3. The molecule has 1 fully saturated rings. The first-order valence-electron chi connectivity index (χ1n) is 10.5. The van der Waals surface area contributed by atoms with E-state index in [1.807, 2.05) is 31.2 Å². The molecule has 3 aromatic carbocycles. The van der Waals surface area contributed by atoms with Crippen LogP contribution in [0.3, 0.4) is 0 Å². The molecule has 3 amide bonds. The zero-order chi connectivity index (χ0) is 24.4. The number of rotatable bonds is 6. The summed E-state index contributed by atoms with van der Waals surface area (Å²) in [5, 5.41) is 11.2. The molecule has 8 nitrogen and oxygen atoms in total. The molecule has 3 aromatic rings. The number of nitro groups is 1. The van der Waals surface area contributed by atoms with Gasteiger partial charge in [-0.2, -0.15) is 0 Å². The summed E-state index contributed by atoms with van der Waals surface area (Å²) in [6.45, 7) is 1.97. The molecule has 1 aliphatic rings. The number of imide groups is 1. The summed E-state index contributed by atoms with van der Waals surface area (Å²) in [6.07, 6.45) is -0.193.